The van der Waals surface area contributed by atoms with Gasteiger partial charge in [-0.05, 0) is 81.1 Å². The molecule has 0 N–H and O–H groups in total. The quantitative estimate of drug-likeness (QED) is 0.0680. The Morgan fingerprint density at radius 3 is 2.21 bits per heavy atom. The zero-order chi connectivity index (χ0) is 35.3. The number of alkyl halides is 3. The van der Waals surface area contributed by atoms with Crippen LogP contribution in [-0.4, -0.2) is 30.9 Å². The van der Waals surface area contributed by atoms with E-state index in [-0.39, 0.29) is 23.6 Å². The molecule has 0 saturated heterocycles. The maximum absolute atomic E-state index is 15.3. The van der Waals surface area contributed by atoms with Gasteiger partial charge in [0.2, 0.25) is 5.88 Å². The molecule has 1 aromatic carbocycles. The van der Waals surface area contributed by atoms with Crippen LogP contribution in [0.5, 0.6) is 0 Å². The zero-order valence-corrected chi connectivity index (χ0v) is 28.7. The smallest absolute Gasteiger partial charge is 0.433 e. The molecule has 0 radical (unpaired) electrons. The zero-order valence-electron chi connectivity index (χ0n) is 28.7. The van der Waals surface area contributed by atoms with Crippen molar-refractivity contribution in [2.45, 2.75) is 99.3 Å². The highest BCUT2D eigenvalue weighted by Crippen LogP contribution is 2.41. The number of unbranched alkanes of at least 4 members (excludes halogenated alkanes) is 1. The van der Waals surface area contributed by atoms with Gasteiger partial charge in [-0.1, -0.05) is 59.8 Å². The van der Waals surface area contributed by atoms with Crippen LogP contribution in [0.15, 0.2) is 86.6 Å². The average Bonchev–Trinajstić information content (AvgIpc) is 3.87. The van der Waals surface area contributed by atoms with Crippen LogP contribution >= 0.6 is 0 Å². The standard InChI is InChI=1S/C37H48F5N3O2/c1-10-14-18-43-36(46-9)33(25(7)28-16-17-28)31(15-11-2)44-21-24(6)26(8)47-22-27-19-29(38)34(30(39)20-27)35(23(5)12-3)45-32(13-4)37(40,41)42/h13,18-21,23,28H,7-8,10-12,14-17,22H2,1-6,9H3/b24-21-,32-13-,36-33-,43-18-,44-31-,45-35?. The second-order valence-corrected chi connectivity index (χ2v) is 11.5. The summed E-state index contributed by atoms with van der Waals surface area (Å²) in [5.74, 6) is -1.63. The van der Waals surface area contributed by atoms with Gasteiger partial charge in [0.15, 0.2) is 0 Å². The number of nitrogens with zero attached hydrogens (tertiary/aromatic N) is 3. The molecule has 1 aromatic rings. The first kappa shape index (κ1) is 39.4. The molecule has 10 heteroatoms. The van der Waals surface area contributed by atoms with Crippen molar-refractivity contribution in [3.05, 3.63) is 94.4 Å². The highest BCUT2D eigenvalue weighted by Gasteiger charge is 2.35. The molecule has 0 heterocycles. The topological polar surface area (TPSA) is 55.5 Å². The van der Waals surface area contributed by atoms with E-state index in [1.54, 1.807) is 34.1 Å². The van der Waals surface area contributed by atoms with E-state index in [9.17, 15) is 13.2 Å². The Balaban J connectivity index is 2.37. The fourth-order valence-electron chi connectivity index (χ4n) is 4.58. The van der Waals surface area contributed by atoms with Gasteiger partial charge in [-0.25, -0.2) is 18.8 Å². The van der Waals surface area contributed by atoms with Crippen LogP contribution < -0.4 is 0 Å². The number of ether oxygens (including phenoxy) is 2. The number of halogens is 5. The molecule has 1 aliphatic rings. The Labute approximate surface area is 276 Å². The lowest BCUT2D eigenvalue weighted by molar-refractivity contribution is -0.0924. The van der Waals surface area contributed by atoms with Crippen LogP contribution in [0, 0.1) is 23.5 Å². The summed E-state index contributed by atoms with van der Waals surface area (Å²) in [7, 11) is 1.58. The van der Waals surface area contributed by atoms with Crippen LogP contribution in [0.25, 0.3) is 0 Å². The van der Waals surface area contributed by atoms with Crippen LogP contribution in [0.2, 0.25) is 0 Å². The molecule has 258 valence electrons. The van der Waals surface area contributed by atoms with E-state index in [0.717, 1.165) is 67.2 Å². The molecule has 1 unspecified atom stereocenters. The minimum Gasteiger partial charge on any atom is -0.489 e. The number of hydrogen-bond acceptors (Lipinski definition) is 5. The summed E-state index contributed by atoms with van der Waals surface area (Å²) in [5, 5.41) is 0. The molecular weight excluding hydrogens is 613 g/mol. The van der Waals surface area contributed by atoms with Crippen molar-refractivity contribution >= 4 is 17.6 Å². The highest BCUT2D eigenvalue weighted by molar-refractivity contribution is 6.05. The third-order valence-corrected chi connectivity index (χ3v) is 7.71. The van der Waals surface area contributed by atoms with Crippen LogP contribution in [0.1, 0.15) is 97.6 Å². The number of hydrogen-bond donors (Lipinski definition) is 0. The minimum absolute atomic E-state index is 0.138. The first-order valence-corrected chi connectivity index (χ1v) is 16.1. The van der Waals surface area contributed by atoms with E-state index in [0.29, 0.717) is 30.2 Å². The lowest BCUT2D eigenvalue weighted by Crippen LogP contribution is -2.20. The van der Waals surface area contributed by atoms with Crippen molar-refractivity contribution < 1.29 is 31.4 Å². The summed E-state index contributed by atoms with van der Waals surface area (Å²) in [6, 6.07) is 2.07. The number of rotatable bonds is 18. The first-order chi connectivity index (χ1) is 22.2. The van der Waals surface area contributed by atoms with E-state index < -0.39 is 35.0 Å². The second kappa shape index (κ2) is 18.5. The normalized spacial score (nSPS) is 16.3. The minimum atomic E-state index is -4.76. The molecule has 0 bridgehead atoms. The maximum Gasteiger partial charge on any atom is 0.433 e. The number of methoxy groups -OCH3 is 1. The van der Waals surface area contributed by atoms with Gasteiger partial charge < -0.3 is 9.47 Å². The largest absolute Gasteiger partial charge is 0.489 e. The predicted molar refractivity (Wildman–Crippen MR) is 181 cm³/mol. The van der Waals surface area contributed by atoms with Crippen LogP contribution in [0.4, 0.5) is 22.0 Å². The molecule has 0 aromatic heterocycles. The third-order valence-electron chi connectivity index (χ3n) is 7.71. The highest BCUT2D eigenvalue weighted by atomic mass is 19.4. The van der Waals surface area contributed by atoms with Crippen molar-refractivity contribution in [2.24, 2.45) is 26.8 Å². The van der Waals surface area contributed by atoms with E-state index in [1.807, 2.05) is 6.21 Å². The number of allylic oxidation sites excluding steroid dienone is 5. The number of aliphatic imine (C=N–C) groups is 3. The SMILES string of the molecule is C=C(OCc1cc(F)c(C(=N/C(=C\C)C(F)(F)F)C(C)CC)c(F)c1)\C(C)=C/N=C(CCC)\C(C(=C)C1CC1)=C(\N=C/CCC)OC. The van der Waals surface area contributed by atoms with E-state index in [1.165, 1.54) is 6.92 Å². The molecule has 2 rings (SSSR count). The van der Waals surface area contributed by atoms with Gasteiger partial charge in [0.1, 0.15) is 29.7 Å². The van der Waals surface area contributed by atoms with Gasteiger partial charge in [-0.15, -0.1) is 0 Å². The Kier molecular flexibility index (Phi) is 15.5. The van der Waals surface area contributed by atoms with Crippen molar-refractivity contribution in [1.29, 1.82) is 0 Å². The molecule has 5 nitrogen and oxygen atoms in total. The van der Waals surface area contributed by atoms with Gasteiger partial charge in [0, 0.05) is 18.0 Å². The fourth-order valence-corrected chi connectivity index (χ4v) is 4.58. The van der Waals surface area contributed by atoms with Gasteiger partial charge in [0.25, 0.3) is 0 Å². The van der Waals surface area contributed by atoms with Crippen molar-refractivity contribution in [3.8, 4) is 0 Å². The molecule has 0 spiro atoms. The molecule has 1 aliphatic carbocycles. The molecule has 1 atom stereocenters. The van der Waals surface area contributed by atoms with E-state index in [2.05, 4.69) is 37.0 Å². The van der Waals surface area contributed by atoms with Gasteiger partial charge in [-0.3, -0.25) is 4.99 Å². The summed E-state index contributed by atoms with van der Waals surface area (Å²) >= 11 is 0. The summed E-state index contributed by atoms with van der Waals surface area (Å²) in [6.45, 7) is 18.4. The predicted octanol–water partition coefficient (Wildman–Crippen LogP) is 11.1. The van der Waals surface area contributed by atoms with Crippen molar-refractivity contribution in [1.82, 2.24) is 0 Å². The van der Waals surface area contributed by atoms with E-state index in [4.69, 9.17) is 14.5 Å². The van der Waals surface area contributed by atoms with Gasteiger partial charge in [-0.2, -0.15) is 13.2 Å². The lowest BCUT2D eigenvalue weighted by atomic mass is 9.94. The second-order valence-electron chi connectivity index (χ2n) is 11.5. The van der Waals surface area contributed by atoms with E-state index >= 15 is 8.78 Å². The molecular formula is C37H48F5N3O2. The number of benzene rings is 1. The molecule has 1 saturated carbocycles. The van der Waals surface area contributed by atoms with Crippen molar-refractivity contribution in [3.63, 3.8) is 0 Å². The maximum atomic E-state index is 15.3. The first-order valence-electron chi connectivity index (χ1n) is 16.1. The summed E-state index contributed by atoms with van der Waals surface area (Å²) in [4.78, 5) is 13.0. The van der Waals surface area contributed by atoms with Crippen LogP contribution in [0.3, 0.4) is 0 Å². The van der Waals surface area contributed by atoms with Gasteiger partial charge >= 0.3 is 6.18 Å². The van der Waals surface area contributed by atoms with Crippen LogP contribution in [-0.2, 0) is 16.1 Å². The van der Waals surface area contributed by atoms with Gasteiger partial charge in [0.05, 0.1) is 29.7 Å². The summed E-state index contributed by atoms with van der Waals surface area (Å²) in [5.41, 5.74) is 1.11. The Hall–Kier alpha value is -3.82. The summed E-state index contributed by atoms with van der Waals surface area (Å²) in [6.07, 6.45) is 5.13. The molecule has 1 fully saturated rings. The fraction of sp³-hybridized carbons (Fsp3) is 0.486. The lowest BCUT2D eigenvalue weighted by Gasteiger charge is -2.18. The summed E-state index contributed by atoms with van der Waals surface area (Å²) < 4.78 is 82.3. The Morgan fingerprint density at radius 2 is 1.72 bits per heavy atom. The molecule has 47 heavy (non-hydrogen) atoms. The Bertz CT molecular complexity index is 1440. The molecule has 0 aliphatic heterocycles. The molecule has 0 amide bonds. The Morgan fingerprint density at radius 1 is 1.09 bits per heavy atom. The monoisotopic (exact) mass is 661 g/mol. The van der Waals surface area contributed by atoms with Crippen molar-refractivity contribution in [2.75, 3.05) is 7.11 Å². The third kappa shape index (κ3) is 11.4. The average molecular weight is 662 g/mol.